The second kappa shape index (κ2) is 6.63. The molecule has 2 N–H and O–H groups in total. The van der Waals surface area contributed by atoms with Crippen LogP contribution < -0.4 is 14.8 Å². The molecule has 0 saturated heterocycles. The molecular weight excluding hydrogens is 250 g/mol. The van der Waals surface area contributed by atoms with Gasteiger partial charge in [0.2, 0.25) is 5.91 Å². The van der Waals surface area contributed by atoms with Crippen LogP contribution in [0.3, 0.4) is 0 Å². The van der Waals surface area contributed by atoms with E-state index < -0.39 is 12.0 Å². The van der Waals surface area contributed by atoms with Crippen molar-refractivity contribution in [2.45, 2.75) is 19.4 Å². The highest BCUT2D eigenvalue weighted by molar-refractivity contribution is 5.75. The van der Waals surface area contributed by atoms with E-state index in [0.717, 1.165) is 0 Å². The van der Waals surface area contributed by atoms with E-state index in [-0.39, 0.29) is 12.3 Å². The minimum absolute atomic E-state index is 0.199. The topological polar surface area (TPSA) is 84.9 Å². The number of carbonyl (C=O) groups excluding carboxylic acids is 1. The highest BCUT2D eigenvalue weighted by atomic mass is 16.5. The molecular formula is C13H17NO5. The lowest BCUT2D eigenvalue weighted by atomic mass is 10.0. The monoisotopic (exact) mass is 267 g/mol. The highest BCUT2D eigenvalue weighted by Crippen LogP contribution is 2.30. The second-order valence-corrected chi connectivity index (χ2v) is 3.97. The fourth-order valence-corrected chi connectivity index (χ4v) is 1.74. The number of ether oxygens (including phenoxy) is 2. The molecule has 104 valence electrons. The number of nitrogens with one attached hydrogen (secondary N) is 1. The summed E-state index contributed by atoms with van der Waals surface area (Å²) in [5.41, 5.74) is 0.648. The van der Waals surface area contributed by atoms with E-state index in [1.165, 1.54) is 21.1 Å². The van der Waals surface area contributed by atoms with Crippen molar-refractivity contribution in [3.63, 3.8) is 0 Å². The van der Waals surface area contributed by atoms with Crippen LogP contribution in [0, 0.1) is 0 Å². The minimum atomic E-state index is -0.992. The van der Waals surface area contributed by atoms with Crippen LogP contribution in [0.25, 0.3) is 0 Å². The lowest BCUT2D eigenvalue weighted by Crippen LogP contribution is -2.28. The molecule has 0 saturated carbocycles. The Hall–Kier alpha value is -2.24. The second-order valence-electron chi connectivity index (χ2n) is 3.97. The van der Waals surface area contributed by atoms with Crippen LogP contribution in [0.5, 0.6) is 11.5 Å². The molecule has 1 aromatic rings. The van der Waals surface area contributed by atoms with E-state index >= 15 is 0 Å². The van der Waals surface area contributed by atoms with Crippen molar-refractivity contribution in [2.24, 2.45) is 0 Å². The summed E-state index contributed by atoms with van der Waals surface area (Å²) in [6.07, 6.45) is -0.199. The highest BCUT2D eigenvalue weighted by Gasteiger charge is 2.18. The molecule has 0 aliphatic heterocycles. The van der Waals surface area contributed by atoms with Gasteiger partial charge >= 0.3 is 5.97 Å². The third-order valence-electron chi connectivity index (χ3n) is 2.57. The van der Waals surface area contributed by atoms with E-state index in [2.05, 4.69) is 5.32 Å². The average molecular weight is 267 g/mol. The van der Waals surface area contributed by atoms with Gasteiger partial charge in [-0.15, -0.1) is 0 Å². The molecule has 0 bridgehead atoms. The normalized spacial score (nSPS) is 11.5. The number of hydrogen-bond acceptors (Lipinski definition) is 4. The van der Waals surface area contributed by atoms with Crippen LogP contribution in [0.2, 0.25) is 0 Å². The Balaban J connectivity index is 3.07. The Kier molecular flexibility index (Phi) is 5.17. The van der Waals surface area contributed by atoms with Crippen LogP contribution in [0.4, 0.5) is 0 Å². The van der Waals surface area contributed by atoms with Crippen molar-refractivity contribution in [2.75, 3.05) is 14.2 Å². The zero-order valence-electron chi connectivity index (χ0n) is 11.1. The smallest absolute Gasteiger partial charge is 0.305 e. The van der Waals surface area contributed by atoms with Gasteiger partial charge in [0.05, 0.1) is 26.7 Å². The molecule has 0 aliphatic carbocycles. The SMILES string of the molecule is COc1ccc([C@@H](CC(=O)O)NC(C)=O)cc1OC. The van der Waals surface area contributed by atoms with Gasteiger partial charge in [-0.2, -0.15) is 0 Å². The van der Waals surface area contributed by atoms with Crippen LogP contribution in [0.15, 0.2) is 18.2 Å². The van der Waals surface area contributed by atoms with E-state index in [9.17, 15) is 9.59 Å². The Labute approximate surface area is 111 Å². The summed E-state index contributed by atoms with van der Waals surface area (Å²) in [6.45, 7) is 1.34. The standard InChI is InChI=1S/C13H17NO5/c1-8(15)14-10(7-13(16)17)9-4-5-11(18-2)12(6-9)19-3/h4-6,10H,7H2,1-3H3,(H,14,15)(H,16,17)/t10-/m1/s1. The van der Waals surface area contributed by atoms with Crippen molar-refractivity contribution >= 4 is 11.9 Å². The van der Waals surface area contributed by atoms with E-state index in [1.807, 2.05) is 0 Å². The molecule has 0 heterocycles. The zero-order chi connectivity index (χ0) is 14.4. The summed E-state index contributed by atoms with van der Waals surface area (Å²) in [6, 6.07) is 4.42. The minimum Gasteiger partial charge on any atom is -0.493 e. The lowest BCUT2D eigenvalue weighted by Gasteiger charge is -2.18. The molecule has 1 amide bonds. The third kappa shape index (κ3) is 4.17. The first-order valence-electron chi connectivity index (χ1n) is 5.68. The number of methoxy groups -OCH3 is 2. The Bertz CT molecular complexity index is 456. The molecule has 1 atom stereocenters. The third-order valence-corrected chi connectivity index (χ3v) is 2.57. The molecule has 1 rings (SSSR count). The summed E-state index contributed by atoms with van der Waals surface area (Å²) in [5, 5.41) is 11.5. The predicted octanol–water partition coefficient (Wildman–Crippen LogP) is 1.36. The first kappa shape index (κ1) is 14.8. The van der Waals surface area contributed by atoms with Crippen LogP contribution in [-0.4, -0.2) is 31.2 Å². The number of benzene rings is 1. The van der Waals surface area contributed by atoms with Gasteiger partial charge in [0.15, 0.2) is 11.5 Å². The van der Waals surface area contributed by atoms with Gasteiger partial charge in [0, 0.05) is 6.92 Å². The molecule has 1 aromatic carbocycles. The van der Waals surface area contributed by atoms with Crippen molar-refractivity contribution < 1.29 is 24.2 Å². The molecule has 0 fully saturated rings. The number of carboxylic acid groups (broad SMARTS) is 1. The van der Waals surface area contributed by atoms with Crippen LogP contribution >= 0.6 is 0 Å². The Morgan fingerprint density at radius 2 is 1.89 bits per heavy atom. The van der Waals surface area contributed by atoms with E-state index in [4.69, 9.17) is 14.6 Å². The van der Waals surface area contributed by atoms with Crippen LogP contribution in [0.1, 0.15) is 24.9 Å². The summed E-state index contributed by atoms with van der Waals surface area (Å²) in [7, 11) is 3.01. The number of carbonyl (C=O) groups is 2. The van der Waals surface area contributed by atoms with Crippen molar-refractivity contribution in [3.05, 3.63) is 23.8 Å². The number of amides is 1. The van der Waals surface area contributed by atoms with Gasteiger partial charge in [0.25, 0.3) is 0 Å². The number of aliphatic carboxylic acids is 1. The molecule has 0 radical (unpaired) electrons. The average Bonchev–Trinajstić information content (AvgIpc) is 2.36. The molecule has 0 aliphatic rings. The van der Waals surface area contributed by atoms with Gasteiger partial charge in [-0.05, 0) is 17.7 Å². The fourth-order valence-electron chi connectivity index (χ4n) is 1.74. The summed E-state index contributed by atoms with van der Waals surface area (Å²) in [5.74, 6) is -0.251. The van der Waals surface area contributed by atoms with E-state index in [1.54, 1.807) is 18.2 Å². The van der Waals surface area contributed by atoms with Crippen molar-refractivity contribution in [1.82, 2.24) is 5.32 Å². The van der Waals surface area contributed by atoms with Crippen LogP contribution in [-0.2, 0) is 9.59 Å². The van der Waals surface area contributed by atoms with Gasteiger partial charge in [-0.3, -0.25) is 9.59 Å². The molecule has 0 aromatic heterocycles. The van der Waals surface area contributed by atoms with Gasteiger partial charge < -0.3 is 19.9 Å². The zero-order valence-corrected chi connectivity index (χ0v) is 11.1. The lowest BCUT2D eigenvalue weighted by molar-refractivity contribution is -0.137. The van der Waals surface area contributed by atoms with Crippen molar-refractivity contribution in [1.29, 1.82) is 0 Å². The number of hydrogen-bond donors (Lipinski definition) is 2. The largest absolute Gasteiger partial charge is 0.493 e. The molecule has 19 heavy (non-hydrogen) atoms. The Morgan fingerprint density at radius 1 is 1.26 bits per heavy atom. The summed E-state index contributed by atoms with van der Waals surface area (Å²) in [4.78, 5) is 22.0. The van der Waals surface area contributed by atoms with E-state index in [0.29, 0.717) is 17.1 Å². The molecule has 0 spiro atoms. The molecule has 6 heteroatoms. The molecule has 0 unspecified atom stereocenters. The Morgan fingerprint density at radius 3 is 2.37 bits per heavy atom. The summed E-state index contributed by atoms with van der Waals surface area (Å²) < 4.78 is 10.3. The maximum absolute atomic E-state index is 11.1. The maximum atomic E-state index is 11.1. The molecule has 6 nitrogen and oxygen atoms in total. The quantitative estimate of drug-likeness (QED) is 0.812. The summed E-state index contributed by atoms with van der Waals surface area (Å²) >= 11 is 0. The number of rotatable bonds is 6. The number of carboxylic acids is 1. The van der Waals surface area contributed by atoms with Gasteiger partial charge in [-0.1, -0.05) is 6.07 Å². The van der Waals surface area contributed by atoms with Gasteiger partial charge in [-0.25, -0.2) is 0 Å². The first-order valence-corrected chi connectivity index (χ1v) is 5.68. The van der Waals surface area contributed by atoms with Crippen molar-refractivity contribution in [3.8, 4) is 11.5 Å². The fraction of sp³-hybridized carbons (Fsp3) is 0.385. The first-order chi connectivity index (χ1) is 8.97. The predicted molar refractivity (Wildman–Crippen MR) is 68.4 cm³/mol. The maximum Gasteiger partial charge on any atom is 0.305 e. The van der Waals surface area contributed by atoms with Gasteiger partial charge in [0.1, 0.15) is 0 Å².